The standard InChI is InChI=1S/C3H5NO2/c1-2-3(5)4-6-2/h2H,1H3,(H,4,5). The molecule has 3 nitrogen and oxygen atoms in total. The van der Waals surface area contributed by atoms with Gasteiger partial charge in [0.05, 0.1) is 0 Å². The molecule has 0 aromatic carbocycles. The van der Waals surface area contributed by atoms with Gasteiger partial charge in [-0.1, -0.05) is 0 Å². The Hall–Kier alpha value is -0.570. The van der Waals surface area contributed by atoms with Crippen LogP contribution in [0.2, 0.25) is 0 Å². The van der Waals surface area contributed by atoms with Crippen molar-refractivity contribution in [3.63, 3.8) is 0 Å². The van der Waals surface area contributed by atoms with Crippen LogP contribution < -0.4 is 5.48 Å². The molecule has 34 valence electrons. The highest BCUT2D eigenvalue weighted by Gasteiger charge is 2.23. The summed E-state index contributed by atoms with van der Waals surface area (Å²) in [4.78, 5) is 14.4. The van der Waals surface area contributed by atoms with Crippen molar-refractivity contribution in [3.05, 3.63) is 0 Å². The van der Waals surface area contributed by atoms with Crippen molar-refractivity contribution in [1.82, 2.24) is 5.48 Å². The predicted molar refractivity (Wildman–Crippen MR) is 18.7 cm³/mol. The smallest absolute Gasteiger partial charge is 0.270 e. The van der Waals surface area contributed by atoms with Crippen molar-refractivity contribution in [2.45, 2.75) is 13.0 Å². The fourth-order valence-electron chi connectivity index (χ4n) is 0.225. The first-order chi connectivity index (χ1) is 2.80. The van der Waals surface area contributed by atoms with Crippen molar-refractivity contribution < 1.29 is 9.63 Å². The normalized spacial score (nSPS) is 31.5. The molecule has 1 saturated heterocycles. The van der Waals surface area contributed by atoms with Crippen molar-refractivity contribution in [1.29, 1.82) is 0 Å². The third-order valence-electron chi connectivity index (χ3n) is 0.706. The van der Waals surface area contributed by atoms with Crippen molar-refractivity contribution in [2.24, 2.45) is 0 Å². The first-order valence-corrected chi connectivity index (χ1v) is 1.76. The molecule has 1 aliphatic rings. The lowest BCUT2D eigenvalue weighted by Gasteiger charge is -2.20. The molecule has 0 spiro atoms. The van der Waals surface area contributed by atoms with Gasteiger partial charge in [-0.15, -0.1) is 0 Å². The molecule has 1 heterocycles. The Balaban J connectivity index is 2.39. The van der Waals surface area contributed by atoms with Crippen LogP contribution in [0, 0.1) is 0 Å². The molecule has 1 fully saturated rings. The van der Waals surface area contributed by atoms with Crippen LogP contribution in [0.5, 0.6) is 0 Å². The number of hydroxylamine groups is 1. The maximum atomic E-state index is 9.99. The van der Waals surface area contributed by atoms with Crippen LogP contribution in [0.1, 0.15) is 6.92 Å². The third-order valence-corrected chi connectivity index (χ3v) is 0.706. The highest BCUT2D eigenvalue weighted by Crippen LogP contribution is 1.95. The van der Waals surface area contributed by atoms with E-state index in [1.165, 1.54) is 0 Å². The summed E-state index contributed by atoms with van der Waals surface area (Å²) in [6, 6.07) is 0. The zero-order valence-corrected chi connectivity index (χ0v) is 3.39. The molecule has 0 radical (unpaired) electrons. The maximum Gasteiger partial charge on any atom is 0.275 e. The number of nitrogens with one attached hydrogen (secondary N) is 1. The summed E-state index contributed by atoms with van der Waals surface area (Å²) in [5.74, 6) is -0.0324. The number of hydrogen-bond donors (Lipinski definition) is 1. The molecule has 1 rings (SSSR count). The van der Waals surface area contributed by atoms with E-state index in [1.807, 2.05) is 0 Å². The molecule has 0 aromatic rings. The number of hydrogen-bond acceptors (Lipinski definition) is 2. The Morgan fingerprint density at radius 3 is 2.50 bits per heavy atom. The number of carbonyl (C=O) groups excluding carboxylic acids is 1. The van der Waals surface area contributed by atoms with E-state index in [0.29, 0.717) is 0 Å². The fraction of sp³-hybridized carbons (Fsp3) is 0.667. The second kappa shape index (κ2) is 0.944. The van der Waals surface area contributed by atoms with Crippen molar-refractivity contribution in [3.8, 4) is 0 Å². The quantitative estimate of drug-likeness (QED) is 0.430. The molecule has 1 amide bonds. The monoisotopic (exact) mass is 87.0 g/mol. The Morgan fingerprint density at radius 2 is 2.50 bits per heavy atom. The largest absolute Gasteiger partial charge is 0.275 e. The zero-order valence-electron chi connectivity index (χ0n) is 3.39. The van der Waals surface area contributed by atoms with Gasteiger partial charge in [-0.3, -0.25) is 9.63 Å². The van der Waals surface area contributed by atoms with Gasteiger partial charge >= 0.3 is 0 Å². The Morgan fingerprint density at radius 1 is 2.00 bits per heavy atom. The van der Waals surface area contributed by atoms with E-state index in [1.54, 1.807) is 6.92 Å². The second-order valence-corrected chi connectivity index (χ2v) is 1.23. The van der Waals surface area contributed by atoms with E-state index < -0.39 is 0 Å². The first-order valence-electron chi connectivity index (χ1n) is 1.76. The molecule has 1 atom stereocenters. The molecule has 1 unspecified atom stereocenters. The maximum absolute atomic E-state index is 9.99. The van der Waals surface area contributed by atoms with Crippen LogP contribution >= 0.6 is 0 Å². The van der Waals surface area contributed by atoms with Gasteiger partial charge in [0.1, 0.15) is 0 Å². The molecule has 6 heavy (non-hydrogen) atoms. The number of carbonyl (C=O) groups is 1. The van der Waals surface area contributed by atoms with E-state index in [4.69, 9.17) is 0 Å². The minimum Gasteiger partial charge on any atom is -0.270 e. The van der Waals surface area contributed by atoms with Gasteiger partial charge in [-0.05, 0) is 6.92 Å². The van der Waals surface area contributed by atoms with Crippen LogP contribution in [0.25, 0.3) is 0 Å². The third kappa shape index (κ3) is 0.285. The molecule has 0 aliphatic carbocycles. The van der Waals surface area contributed by atoms with Crippen molar-refractivity contribution >= 4 is 5.91 Å². The van der Waals surface area contributed by atoms with Gasteiger partial charge in [0.25, 0.3) is 5.91 Å². The highest BCUT2D eigenvalue weighted by molar-refractivity contribution is 5.82. The van der Waals surface area contributed by atoms with E-state index in [9.17, 15) is 4.79 Å². The molecule has 0 bridgehead atoms. The van der Waals surface area contributed by atoms with Gasteiger partial charge in [0, 0.05) is 0 Å². The molecule has 3 heteroatoms. The van der Waals surface area contributed by atoms with Crippen LogP contribution in [0.15, 0.2) is 0 Å². The first kappa shape index (κ1) is 3.61. The lowest BCUT2D eigenvalue weighted by atomic mass is 10.4. The number of amides is 1. The summed E-state index contributed by atoms with van der Waals surface area (Å²) in [5.41, 5.74) is 2.12. The summed E-state index contributed by atoms with van der Waals surface area (Å²) in [7, 11) is 0. The molecular formula is C3H5NO2. The molecule has 0 aromatic heterocycles. The molecule has 1 N–H and O–H groups in total. The summed E-state index contributed by atoms with van der Waals surface area (Å²) in [6.07, 6.45) is -0.218. The Bertz CT molecular complexity index is 80.9. The van der Waals surface area contributed by atoms with E-state index in [2.05, 4.69) is 10.3 Å². The van der Waals surface area contributed by atoms with Crippen LogP contribution in [0.4, 0.5) is 0 Å². The van der Waals surface area contributed by atoms with Gasteiger partial charge in [0.15, 0.2) is 6.10 Å². The van der Waals surface area contributed by atoms with Gasteiger partial charge in [-0.2, -0.15) is 0 Å². The highest BCUT2D eigenvalue weighted by atomic mass is 16.7. The van der Waals surface area contributed by atoms with Crippen LogP contribution in [0.3, 0.4) is 0 Å². The summed E-state index contributed by atoms with van der Waals surface area (Å²) in [6.45, 7) is 1.69. The lowest BCUT2D eigenvalue weighted by molar-refractivity contribution is -0.176. The SMILES string of the molecule is CC1ONC1=O. The van der Waals surface area contributed by atoms with E-state index in [-0.39, 0.29) is 12.0 Å². The average molecular weight is 87.1 g/mol. The van der Waals surface area contributed by atoms with E-state index >= 15 is 0 Å². The summed E-state index contributed by atoms with van der Waals surface area (Å²) in [5, 5.41) is 0. The summed E-state index contributed by atoms with van der Waals surface area (Å²) < 4.78 is 0. The average Bonchev–Trinajstić information content (AvgIpc) is 1.61. The van der Waals surface area contributed by atoms with Gasteiger partial charge < -0.3 is 0 Å². The summed E-state index contributed by atoms with van der Waals surface area (Å²) >= 11 is 0. The van der Waals surface area contributed by atoms with Gasteiger partial charge in [-0.25, -0.2) is 5.48 Å². The molecule has 0 saturated carbocycles. The second-order valence-electron chi connectivity index (χ2n) is 1.23. The Kier molecular flexibility index (Phi) is 0.569. The number of rotatable bonds is 0. The lowest BCUT2D eigenvalue weighted by Crippen LogP contribution is -2.48. The van der Waals surface area contributed by atoms with E-state index in [0.717, 1.165) is 0 Å². The molecular weight excluding hydrogens is 82.0 g/mol. The van der Waals surface area contributed by atoms with Crippen LogP contribution in [-0.2, 0) is 9.63 Å². The minimum absolute atomic E-state index is 0.0324. The van der Waals surface area contributed by atoms with Crippen LogP contribution in [-0.4, -0.2) is 12.0 Å². The molecule has 1 aliphatic heterocycles. The van der Waals surface area contributed by atoms with Crippen molar-refractivity contribution in [2.75, 3.05) is 0 Å². The zero-order chi connectivity index (χ0) is 4.57. The van der Waals surface area contributed by atoms with Gasteiger partial charge in [0.2, 0.25) is 0 Å². The predicted octanol–water partition coefficient (Wildman–Crippen LogP) is -0.564. The minimum atomic E-state index is -0.218. The topological polar surface area (TPSA) is 38.3 Å². The Labute approximate surface area is 35.2 Å². The fourth-order valence-corrected chi connectivity index (χ4v) is 0.225.